The number of hydrogen-bond donors (Lipinski definition) is 2. The van der Waals surface area contributed by atoms with Gasteiger partial charge in [0.05, 0.1) is 22.3 Å². The first-order chi connectivity index (χ1) is 18.3. The number of aromatic nitrogens is 1. The summed E-state index contributed by atoms with van der Waals surface area (Å²) in [5, 5.41) is 9.10. The molecule has 1 aliphatic heterocycles. The van der Waals surface area contributed by atoms with Gasteiger partial charge in [-0.2, -0.15) is 0 Å². The fourth-order valence-corrected chi connectivity index (χ4v) is 6.12. The van der Waals surface area contributed by atoms with E-state index in [1.54, 1.807) is 30.0 Å². The van der Waals surface area contributed by atoms with Gasteiger partial charge >= 0.3 is 0 Å². The van der Waals surface area contributed by atoms with E-state index in [0.717, 1.165) is 56.3 Å². The highest BCUT2D eigenvalue weighted by molar-refractivity contribution is 7.92. The van der Waals surface area contributed by atoms with E-state index < -0.39 is 33.1 Å². The zero-order valence-electron chi connectivity index (χ0n) is 21.3. The van der Waals surface area contributed by atoms with Crippen molar-refractivity contribution in [1.82, 2.24) is 9.88 Å². The zero-order valence-corrected chi connectivity index (χ0v) is 22.1. The number of nitrogens with zero attached hydrogens (tertiary/aromatic N) is 3. The van der Waals surface area contributed by atoms with Gasteiger partial charge in [-0.1, -0.05) is 24.3 Å². The Kier molecular flexibility index (Phi) is 6.56. The first kappa shape index (κ1) is 26.9. The predicted molar refractivity (Wildman–Crippen MR) is 140 cm³/mol. The van der Waals surface area contributed by atoms with Gasteiger partial charge < -0.3 is 9.80 Å². The lowest BCUT2D eigenvalue weighted by Gasteiger charge is -2.44. The second-order valence-electron chi connectivity index (χ2n) is 10.1. The lowest BCUT2D eigenvalue weighted by Crippen LogP contribution is -2.57. The molecule has 1 saturated carbocycles. The molecule has 0 atom stereocenters. The summed E-state index contributed by atoms with van der Waals surface area (Å²) in [5.41, 5.74) is 0.491. The topological polar surface area (TPSA) is 89.4 Å². The number of rotatable bonds is 6. The number of benzene rings is 2. The third-order valence-electron chi connectivity index (χ3n) is 7.26. The molecule has 2 N–H and O–H groups in total. The Balaban J connectivity index is 1.40. The molecule has 3 aromatic rings. The van der Waals surface area contributed by atoms with Crippen LogP contribution in [0, 0.1) is 24.0 Å². The molecule has 5 rings (SSSR count). The van der Waals surface area contributed by atoms with Crippen molar-refractivity contribution in [3.05, 3.63) is 83.1 Å². The molecule has 0 radical (unpaired) electrons. The van der Waals surface area contributed by atoms with Crippen LogP contribution < -0.4 is 9.62 Å². The number of halogens is 4. The van der Waals surface area contributed by atoms with E-state index in [2.05, 4.69) is 9.71 Å². The standard InChI is InChI=1S/C27H27F4N5O2S/c1-17-4-3-5-22(34-39(37,38)20-8-6-18(7-9-20)26(2,30)31)23(17)24(32)36-13-12-35(16-27(36)10-11-27)25-21(29)14-19(28)15-33-25/h3-9,14-15,32,34H,10-13,16H2,1-2H3. The molecule has 1 saturated heterocycles. The molecule has 7 nitrogen and oxygen atoms in total. The number of pyridine rings is 1. The fourth-order valence-electron chi connectivity index (χ4n) is 5.05. The van der Waals surface area contributed by atoms with Crippen LogP contribution in [0.4, 0.5) is 29.1 Å². The van der Waals surface area contributed by atoms with Gasteiger partial charge in [-0.3, -0.25) is 10.1 Å². The van der Waals surface area contributed by atoms with Gasteiger partial charge in [0, 0.05) is 43.8 Å². The molecule has 206 valence electrons. The van der Waals surface area contributed by atoms with Gasteiger partial charge in [0.1, 0.15) is 11.7 Å². The van der Waals surface area contributed by atoms with Gasteiger partial charge in [0.25, 0.3) is 15.9 Å². The summed E-state index contributed by atoms with van der Waals surface area (Å²) in [4.78, 5) is 7.39. The van der Waals surface area contributed by atoms with E-state index in [0.29, 0.717) is 30.8 Å². The van der Waals surface area contributed by atoms with Crippen LogP contribution >= 0.6 is 0 Å². The molecule has 2 aliphatic rings. The Morgan fingerprint density at radius 1 is 1.10 bits per heavy atom. The van der Waals surface area contributed by atoms with E-state index in [9.17, 15) is 26.0 Å². The van der Waals surface area contributed by atoms with Gasteiger partial charge in [-0.15, -0.1) is 0 Å². The molecule has 12 heteroatoms. The van der Waals surface area contributed by atoms with E-state index >= 15 is 0 Å². The van der Waals surface area contributed by atoms with Crippen LogP contribution in [0.1, 0.15) is 36.5 Å². The molecule has 2 aromatic carbocycles. The number of aryl methyl sites for hydroxylation is 1. The van der Waals surface area contributed by atoms with E-state index in [4.69, 9.17) is 5.41 Å². The number of piperazine rings is 1. The highest BCUT2D eigenvalue weighted by Crippen LogP contribution is 2.46. The summed E-state index contributed by atoms with van der Waals surface area (Å²) in [6.07, 6.45) is 2.46. The second-order valence-corrected chi connectivity index (χ2v) is 11.8. The Hall–Kier alpha value is -3.67. The van der Waals surface area contributed by atoms with Crippen molar-refractivity contribution in [2.75, 3.05) is 29.3 Å². The number of nitrogens with one attached hydrogen (secondary N) is 2. The maximum Gasteiger partial charge on any atom is 0.270 e. The van der Waals surface area contributed by atoms with Crippen LogP contribution in [-0.2, 0) is 15.9 Å². The SMILES string of the molecule is Cc1cccc(NS(=O)(=O)c2ccc(C(C)(F)F)cc2)c1C(=N)N1CCN(c2ncc(F)cc2F)CC12CC2. The number of sulfonamides is 1. The lowest BCUT2D eigenvalue weighted by molar-refractivity contribution is 0.0174. The van der Waals surface area contributed by atoms with Crippen molar-refractivity contribution in [3.63, 3.8) is 0 Å². The molecule has 1 aromatic heterocycles. The lowest BCUT2D eigenvalue weighted by atomic mass is 10.0. The van der Waals surface area contributed by atoms with Crippen LogP contribution in [0.25, 0.3) is 0 Å². The largest absolute Gasteiger partial charge is 0.350 e. The summed E-state index contributed by atoms with van der Waals surface area (Å²) < 4.78 is 83.8. The third kappa shape index (κ3) is 5.17. The third-order valence-corrected chi connectivity index (χ3v) is 8.64. The first-order valence-electron chi connectivity index (χ1n) is 12.3. The van der Waals surface area contributed by atoms with E-state index in [1.807, 2.05) is 4.90 Å². The molecular formula is C27H27F4N5O2S. The van der Waals surface area contributed by atoms with Crippen molar-refractivity contribution in [2.45, 2.75) is 43.0 Å². The van der Waals surface area contributed by atoms with Gasteiger partial charge in [0.2, 0.25) is 0 Å². The minimum atomic E-state index is -4.14. The number of anilines is 2. The number of hydrogen-bond acceptors (Lipinski definition) is 5. The molecule has 0 bridgehead atoms. The average molecular weight is 562 g/mol. The molecular weight excluding hydrogens is 534 g/mol. The van der Waals surface area contributed by atoms with Gasteiger partial charge in [0.15, 0.2) is 11.6 Å². The summed E-state index contributed by atoms with van der Waals surface area (Å²) in [6, 6.07) is 10.2. The minimum absolute atomic E-state index is 0.0602. The average Bonchev–Trinajstić information content (AvgIpc) is 3.62. The van der Waals surface area contributed by atoms with Crippen molar-refractivity contribution >= 4 is 27.4 Å². The molecule has 1 aliphatic carbocycles. The predicted octanol–water partition coefficient (Wildman–Crippen LogP) is 5.26. The summed E-state index contributed by atoms with van der Waals surface area (Å²) in [6.45, 7) is 3.57. The fraction of sp³-hybridized carbons (Fsp3) is 0.333. The van der Waals surface area contributed by atoms with Gasteiger partial charge in [-0.25, -0.2) is 31.0 Å². The van der Waals surface area contributed by atoms with Crippen LogP contribution in [0.15, 0.2) is 59.6 Å². The summed E-state index contributed by atoms with van der Waals surface area (Å²) in [5.74, 6) is -4.43. The normalized spacial score (nSPS) is 16.9. The van der Waals surface area contributed by atoms with Crippen molar-refractivity contribution < 1.29 is 26.0 Å². The summed E-state index contributed by atoms with van der Waals surface area (Å²) in [7, 11) is -4.14. The van der Waals surface area contributed by atoms with Crippen LogP contribution in [0.3, 0.4) is 0 Å². The monoisotopic (exact) mass is 561 g/mol. The highest BCUT2D eigenvalue weighted by atomic mass is 32.2. The van der Waals surface area contributed by atoms with Crippen LogP contribution in [-0.4, -0.2) is 49.3 Å². The molecule has 2 heterocycles. The maximum absolute atomic E-state index is 14.4. The Bertz CT molecular complexity index is 1540. The van der Waals surface area contributed by atoms with Crippen molar-refractivity contribution in [2.24, 2.45) is 0 Å². The second kappa shape index (κ2) is 9.51. The van der Waals surface area contributed by atoms with Crippen molar-refractivity contribution in [1.29, 1.82) is 5.41 Å². The molecule has 39 heavy (non-hydrogen) atoms. The Morgan fingerprint density at radius 3 is 2.41 bits per heavy atom. The summed E-state index contributed by atoms with van der Waals surface area (Å²) >= 11 is 0. The number of alkyl halides is 2. The van der Waals surface area contributed by atoms with E-state index in [-0.39, 0.29) is 27.8 Å². The maximum atomic E-state index is 14.4. The highest BCUT2D eigenvalue weighted by Gasteiger charge is 2.53. The Labute approximate surface area is 224 Å². The first-order valence-corrected chi connectivity index (χ1v) is 13.8. The Morgan fingerprint density at radius 2 is 1.79 bits per heavy atom. The van der Waals surface area contributed by atoms with Crippen molar-refractivity contribution in [3.8, 4) is 0 Å². The molecule has 0 unspecified atom stereocenters. The molecule has 0 amide bonds. The quantitative estimate of drug-likeness (QED) is 0.244. The zero-order chi connectivity index (χ0) is 28.2. The minimum Gasteiger partial charge on any atom is -0.350 e. The molecule has 1 spiro atoms. The van der Waals surface area contributed by atoms with Gasteiger partial charge in [-0.05, 0) is 43.5 Å². The number of amidine groups is 1. The van der Waals surface area contributed by atoms with Crippen LogP contribution in [0.2, 0.25) is 0 Å². The molecule has 2 fully saturated rings. The van der Waals surface area contributed by atoms with E-state index in [1.165, 1.54) is 0 Å². The smallest absolute Gasteiger partial charge is 0.270 e. The van der Waals surface area contributed by atoms with Crippen LogP contribution in [0.5, 0.6) is 0 Å².